The third-order valence-electron chi connectivity index (χ3n) is 3.45. The highest BCUT2D eigenvalue weighted by atomic mass is 16.2. The molecule has 5 heteroatoms. The van der Waals surface area contributed by atoms with Gasteiger partial charge in [0, 0.05) is 31.8 Å². The summed E-state index contributed by atoms with van der Waals surface area (Å²) in [4.78, 5) is 31.5. The normalized spacial score (nSPS) is 13.5. The smallest absolute Gasteiger partial charge is 0.229 e. The molecular weight excluding hydrogens is 278 g/mol. The SMILES string of the molecule is CC(=O)N1C=C(c2ccccc2)N(C(C)=O)c2ncccc21. The number of hydrogen-bond acceptors (Lipinski definition) is 3. The zero-order valence-electron chi connectivity index (χ0n) is 12.4. The summed E-state index contributed by atoms with van der Waals surface area (Å²) in [5.41, 5.74) is 2.08. The molecule has 0 N–H and O–H groups in total. The lowest BCUT2D eigenvalue weighted by molar-refractivity contribution is -0.117. The lowest BCUT2D eigenvalue weighted by atomic mass is 10.1. The lowest BCUT2D eigenvalue weighted by Crippen LogP contribution is -2.37. The zero-order valence-corrected chi connectivity index (χ0v) is 12.4. The maximum atomic E-state index is 12.2. The zero-order chi connectivity index (χ0) is 15.7. The van der Waals surface area contributed by atoms with Crippen LogP contribution in [0.3, 0.4) is 0 Å². The van der Waals surface area contributed by atoms with Crippen LogP contribution in [0.1, 0.15) is 19.4 Å². The fourth-order valence-corrected chi connectivity index (χ4v) is 2.50. The molecule has 3 rings (SSSR count). The van der Waals surface area contributed by atoms with Crippen LogP contribution in [0.5, 0.6) is 0 Å². The topological polar surface area (TPSA) is 53.5 Å². The highest BCUT2D eigenvalue weighted by Gasteiger charge is 2.30. The molecule has 0 saturated carbocycles. The molecule has 0 atom stereocenters. The Morgan fingerprint density at radius 2 is 1.68 bits per heavy atom. The number of benzene rings is 1. The van der Waals surface area contributed by atoms with Gasteiger partial charge in [0.25, 0.3) is 0 Å². The van der Waals surface area contributed by atoms with Gasteiger partial charge in [-0.05, 0) is 12.1 Å². The Hall–Kier alpha value is -2.95. The van der Waals surface area contributed by atoms with E-state index in [1.807, 2.05) is 30.3 Å². The first kappa shape index (κ1) is 14.0. The van der Waals surface area contributed by atoms with Gasteiger partial charge in [-0.3, -0.25) is 19.4 Å². The van der Waals surface area contributed by atoms with Crippen molar-refractivity contribution in [2.24, 2.45) is 0 Å². The van der Waals surface area contributed by atoms with Gasteiger partial charge in [0.2, 0.25) is 11.8 Å². The van der Waals surface area contributed by atoms with Crippen molar-refractivity contribution in [3.63, 3.8) is 0 Å². The van der Waals surface area contributed by atoms with Gasteiger partial charge in [-0.2, -0.15) is 0 Å². The second kappa shape index (κ2) is 5.44. The first-order valence-corrected chi connectivity index (χ1v) is 6.92. The summed E-state index contributed by atoms with van der Waals surface area (Å²) in [5, 5.41) is 0. The molecule has 110 valence electrons. The molecule has 2 aromatic rings. The van der Waals surface area contributed by atoms with Crippen LogP contribution in [0, 0.1) is 0 Å². The molecule has 0 radical (unpaired) electrons. The van der Waals surface area contributed by atoms with Crippen molar-refractivity contribution in [2.75, 3.05) is 9.80 Å². The summed E-state index contributed by atoms with van der Waals surface area (Å²) < 4.78 is 0. The summed E-state index contributed by atoms with van der Waals surface area (Å²) in [7, 11) is 0. The van der Waals surface area contributed by atoms with E-state index >= 15 is 0 Å². The summed E-state index contributed by atoms with van der Waals surface area (Å²) in [6.07, 6.45) is 3.30. The number of fused-ring (bicyclic) bond motifs is 1. The Labute approximate surface area is 128 Å². The van der Waals surface area contributed by atoms with Gasteiger partial charge in [0.15, 0.2) is 5.82 Å². The predicted molar refractivity (Wildman–Crippen MR) is 85.0 cm³/mol. The summed E-state index contributed by atoms with van der Waals surface area (Å²) in [6, 6.07) is 13.0. The summed E-state index contributed by atoms with van der Waals surface area (Å²) in [6.45, 7) is 2.97. The monoisotopic (exact) mass is 293 g/mol. The van der Waals surface area contributed by atoms with E-state index in [9.17, 15) is 9.59 Å². The number of carbonyl (C=O) groups is 2. The van der Waals surface area contributed by atoms with Gasteiger partial charge < -0.3 is 0 Å². The van der Waals surface area contributed by atoms with E-state index in [4.69, 9.17) is 0 Å². The second-order valence-electron chi connectivity index (χ2n) is 4.97. The molecule has 0 aliphatic carbocycles. The number of aromatic nitrogens is 1. The number of hydrogen-bond donors (Lipinski definition) is 0. The Morgan fingerprint density at radius 1 is 0.955 bits per heavy atom. The Bertz CT molecular complexity index is 768. The standard InChI is InChI=1S/C17H15N3O2/c1-12(21)19-11-16(14-7-4-3-5-8-14)20(13(2)22)17-15(19)9-6-10-18-17/h3-11H,1-2H3. The van der Waals surface area contributed by atoms with Crippen molar-refractivity contribution < 1.29 is 9.59 Å². The Kier molecular flexibility index (Phi) is 3.47. The predicted octanol–water partition coefficient (Wildman–Crippen LogP) is 2.80. The number of anilines is 2. The van der Waals surface area contributed by atoms with Gasteiger partial charge >= 0.3 is 0 Å². The molecule has 0 spiro atoms. The molecule has 5 nitrogen and oxygen atoms in total. The third-order valence-corrected chi connectivity index (χ3v) is 3.45. The lowest BCUT2D eigenvalue weighted by Gasteiger charge is -2.33. The van der Waals surface area contributed by atoms with Crippen LogP contribution in [0.25, 0.3) is 5.70 Å². The van der Waals surface area contributed by atoms with Gasteiger partial charge in [0.1, 0.15) is 0 Å². The third kappa shape index (κ3) is 2.26. The molecule has 22 heavy (non-hydrogen) atoms. The van der Waals surface area contributed by atoms with E-state index < -0.39 is 0 Å². The highest BCUT2D eigenvalue weighted by Crippen LogP contribution is 2.38. The fraction of sp³-hybridized carbons (Fsp3) is 0.118. The van der Waals surface area contributed by atoms with Crippen molar-refractivity contribution in [1.29, 1.82) is 0 Å². The average molecular weight is 293 g/mol. The quantitative estimate of drug-likeness (QED) is 0.812. The second-order valence-corrected chi connectivity index (χ2v) is 4.97. The summed E-state index contributed by atoms with van der Waals surface area (Å²) in [5.74, 6) is 0.177. The average Bonchev–Trinajstić information content (AvgIpc) is 2.53. The van der Waals surface area contributed by atoms with E-state index in [-0.39, 0.29) is 11.8 Å². The first-order chi connectivity index (χ1) is 10.6. The van der Waals surface area contributed by atoms with Crippen LogP contribution >= 0.6 is 0 Å². The van der Waals surface area contributed by atoms with Crippen LogP contribution in [0.15, 0.2) is 54.9 Å². The van der Waals surface area contributed by atoms with Crippen LogP contribution < -0.4 is 9.80 Å². The van der Waals surface area contributed by atoms with Gasteiger partial charge in [-0.1, -0.05) is 30.3 Å². The Balaban J connectivity index is 2.24. The molecule has 2 amide bonds. The van der Waals surface area contributed by atoms with Crippen LogP contribution in [0.2, 0.25) is 0 Å². The fourth-order valence-electron chi connectivity index (χ4n) is 2.50. The van der Waals surface area contributed by atoms with E-state index in [1.165, 1.54) is 23.6 Å². The van der Waals surface area contributed by atoms with Gasteiger partial charge in [-0.25, -0.2) is 4.98 Å². The molecule has 0 fully saturated rings. The van der Waals surface area contributed by atoms with E-state index in [0.29, 0.717) is 17.2 Å². The molecular formula is C17H15N3O2. The maximum absolute atomic E-state index is 12.2. The van der Waals surface area contributed by atoms with Crippen LogP contribution in [0.4, 0.5) is 11.5 Å². The van der Waals surface area contributed by atoms with E-state index in [2.05, 4.69) is 4.98 Å². The molecule has 1 aliphatic heterocycles. The highest BCUT2D eigenvalue weighted by molar-refractivity contribution is 6.12. The molecule has 0 saturated heterocycles. The van der Waals surface area contributed by atoms with Crippen molar-refractivity contribution in [2.45, 2.75) is 13.8 Å². The largest absolute Gasteiger partial charge is 0.282 e. The van der Waals surface area contributed by atoms with Crippen LogP contribution in [-0.2, 0) is 9.59 Å². The molecule has 1 aliphatic rings. The van der Waals surface area contributed by atoms with Gasteiger partial charge in [-0.15, -0.1) is 0 Å². The number of amides is 2. The summed E-state index contributed by atoms with van der Waals surface area (Å²) >= 11 is 0. The van der Waals surface area contributed by atoms with Gasteiger partial charge in [0.05, 0.1) is 11.4 Å². The minimum absolute atomic E-state index is 0.133. The number of nitrogens with zero attached hydrogens (tertiary/aromatic N) is 3. The number of pyridine rings is 1. The Morgan fingerprint density at radius 3 is 2.32 bits per heavy atom. The molecule has 1 aromatic heterocycles. The minimum Gasteiger partial charge on any atom is -0.282 e. The maximum Gasteiger partial charge on any atom is 0.229 e. The molecule has 0 bridgehead atoms. The van der Waals surface area contributed by atoms with Crippen molar-refractivity contribution in [3.05, 3.63) is 60.4 Å². The number of rotatable bonds is 1. The van der Waals surface area contributed by atoms with Crippen molar-refractivity contribution in [1.82, 2.24) is 4.98 Å². The van der Waals surface area contributed by atoms with Crippen molar-refractivity contribution in [3.8, 4) is 0 Å². The van der Waals surface area contributed by atoms with E-state index in [0.717, 1.165) is 5.56 Å². The molecule has 2 heterocycles. The molecule has 0 unspecified atom stereocenters. The minimum atomic E-state index is -0.154. The van der Waals surface area contributed by atoms with Crippen LogP contribution in [-0.4, -0.2) is 16.8 Å². The van der Waals surface area contributed by atoms with Crippen molar-refractivity contribution >= 4 is 29.0 Å². The molecule has 1 aromatic carbocycles. The first-order valence-electron chi connectivity index (χ1n) is 6.92. The number of carbonyl (C=O) groups excluding carboxylic acids is 2. The van der Waals surface area contributed by atoms with E-state index in [1.54, 1.807) is 24.5 Å².